The maximum absolute atomic E-state index is 12.3. The lowest BCUT2D eigenvalue weighted by Gasteiger charge is -2.31. The average Bonchev–Trinajstić information content (AvgIpc) is 2.39. The van der Waals surface area contributed by atoms with E-state index in [1.165, 1.54) is 25.7 Å². The van der Waals surface area contributed by atoms with E-state index < -0.39 is 0 Å². The molecule has 0 spiro atoms. The van der Waals surface area contributed by atoms with Gasteiger partial charge in [0.05, 0.1) is 5.41 Å². The molecule has 1 saturated carbocycles. The molecule has 3 N–H and O–H groups in total. The Labute approximate surface area is 124 Å². The van der Waals surface area contributed by atoms with Crippen LogP contribution < -0.4 is 11.1 Å². The van der Waals surface area contributed by atoms with E-state index in [1.54, 1.807) is 0 Å². The van der Waals surface area contributed by atoms with E-state index in [0.29, 0.717) is 12.5 Å². The maximum atomic E-state index is 12.3. The number of hydrogen-bond acceptors (Lipinski definition) is 2. The fraction of sp³-hybridized carbons (Fsp3) is 0.933. The lowest BCUT2D eigenvalue weighted by Crippen LogP contribution is -2.46. The highest BCUT2D eigenvalue weighted by Gasteiger charge is 2.33. The van der Waals surface area contributed by atoms with Crippen LogP contribution in [0.2, 0.25) is 0 Å². The number of halogens is 1. The lowest BCUT2D eigenvalue weighted by atomic mass is 9.80. The second-order valence-electron chi connectivity index (χ2n) is 6.04. The first-order chi connectivity index (χ1) is 8.57. The van der Waals surface area contributed by atoms with E-state index in [0.717, 1.165) is 25.3 Å². The van der Waals surface area contributed by atoms with Gasteiger partial charge < -0.3 is 11.1 Å². The minimum absolute atomic E-state index is 0. The molecular weight excluding hydrogens is 260 g/mol. The summed E-state index contributed by atoms with van der Waals surface area (Å²) in [5.74, 6) is 1.65. The first-order valence-electron chi connectivity index (χ1n) is 7.56. The van der Waals surface area contributed by atoms with Gasteiger partial charge >= 0.3 is 0 Å². The van der Waals surface area contributed by atoms with Gasteiger partial charge in [-0.1, -0.05) is 33.6 Å². The van der Waals surface area contributed by atoms with Crippen LogP contribution in [-0.2, 0) is 4.79 Å². The second-order valence-corrected chi connectivity index (χ2v) is 6.04. The number of amides is 1. The van der Waals surface area contributed by atoms with E-state index >= 15 is 0 Å². The van der Waals surface area contributed by atoms with Crippen LogP contribution in [-0.4, -0.2) is 19.0 Å². The Hall–Kier alpha value is -0.280. The maximum Gasteiger partial charge on any atom is 0.227 e. The third-order valence-electron chi connectivity index (χ3n) is 4.82. The highest BCUT2D eigenvalue weighted by atomic mass is 35.5. The van der Waals surface area contributed by atoms with Crippen molar-refractivity contribution in [2.24, 2.45) is 23.0 Å². The van der Waals surface area contributed by atoms with Crippen molar-refractivity contribution in [3.05, 3.63) is 0 Å². The van der Waals surface area contributed by atoms with Crippen LogP contribution in [0.5, 0.6) is 0 Å². The smallest absolute Gasteiger partial charge is 0.227 e. The van der Waals surface area contributed by atoms with Crippen molar-refractivity contribution in [3.8, 4) is 0 Å². The topological polar surface area (TPSA) is 55.1 Å². The molecule has 0 saturated heterocycles. The number of nitrogens with one attached hydrogen (secondary N) is 1. The minimum Gasteiger partial charge on any atom is -0.355 e. The molecule has 0 aliphatic heterocycles. The van der Waals surface area contributed by atoms with Crippen molar-refractivity contribution >= 4 is 18.3 Å². The van der Waals surface area contributed by atoms with Crippen molar-refractivity contribution in [1.82, 2.24) is 5.32 Å². The quantitative estimate of drug-likeness (QED) is 0.790. The van der Waals surface area contributed by atoms with Gasteiger partial charge in [0.25, 0.3) is 0 Å². The second kappa shape index (κ2) is 8.80. The van der Waals surface area contributed by atoms with Crippen molar-refractivity contribution in [3.63, 3.8) is 0 Å². The van der Waals surface area contributed by atoms with Gasteiger partial charge in [-0.25, -0.2) is 0 Å². The van der Waals surface area contributed by atoms with Gasteiger partial charge in [-0.15, -0.1) is 12.4 Å². The predicted octanol–water partition coefficient (Wildman–Crippen LogP) is 3.12. The van der Waals surface area contributed by atoms with Gasteiger partial charge in [0, 0.05) is 13.1 Å². The molecule has 0 bridgehead atoms. The Bertz CT molecular complexity index is 259. The van der Waals surface area contributed by atoms with Gasteiger partial charge in [-0.3, -0.25) is 4.79 Å². The van der Waals surface area contributed by atoms with Gasteiger partial charge in [-0.2, -0.15) is 0 Å². The molecule has 19 heavy (non-hydrogen) atoms. The standard InChI is InChI=1S/C15H30N2O.ClH/c1-4-15(5-2,11-16)14(18)17-10-13-8-6-7-12(3)9-13;/h12-13H,4-11,16H2,1-3H3,(H,17,18);1H. The number of hydrogen-bond donors (Lipinski definition) is 2. The summed E-state index contributed by atoms with van der Waals surface area (Å²) in [5, 5.41) is 3.15. The molecule has 4 heteroatoms. The van der Waals surface area contributed by atoms with E-state index in [-0.39, 0.29) is 23.7 Å². The summed E-state index contributed by atoms with van der Waals surface area (Å²) in [6.07, 6.45) is 6.83. The molecule has 0 aromatic carbocycles. The normalized spacial score (nSPS) is 23.6. The van der Waals surface area contributed by atoms with Crippen LogP contribution in [0.1, 0.15) is 59.3 Å². The summed E-state index contributed by atoms with van der Waals surface area (Å²) in [7, 11) is 0. The highest BCUT2D eigenvalue weighted by molar-refractivity contribution is 5.85. The summed E-state index contributed by atoms with van der Waals surface area (Å²) >= 11 is 0. The van der Waals surface area contributed by atoms with E-state index in [4.69, 9.17) is 5.73 Å². The Kier molecular flexibility index (Phi) is 8.67. The van der Waals surface area contributed by atoms with Crippen LogP contribution in [0.25, 0.3) is 0 Å². The number of carbonyl (C=O) groups is 1. The molecule has 0 aromatic heterocycles. The number of carbonyl (C=O) groups excluding carboxylic acids is 1. The fourth-order valence-electron chi connectivity index (χ4n) is 3.12. The van der Waals surface area contributed by atoms with Crippen molar-refractivity contribution in [2.75, 3.05) is 13.1 Å². The van der Waals surface area contributed by atoms with Crippen LogP contribution in [0.15, 0.2) is 0 Å². The summed E-state index contributed by atoms with van der Waals surface area (Å²) in [6.45, 7) is 7.71. The van der Waals surface area contributed by atoms with Crippen LogP contribution in [0.3, 0.4) is 0 Å². The van der Waals surface area contributed by atoms with Crippen LogP contribution >= 0.6 is 12.4 Å². The molecule has 0 radical (unpaired) electrons. The Balaban J connectivity index is 0.00000324. The molecular formula is C15H31ClN2O. The van der Waals surface area contributed by atoms with Gasteiger partial charge in [0.15, 0.2) is 0 Å². The van der Waals surface area contributed by atoms with Gasteiger partial charge in [-0.05, 0) is 37.5 Å². The zero-order valence-corrected chi connectivity index (χ0v) is 13.5. The molecule has 0 aromatic rings. The van der Waals surface area contributed by atoms with E-state index in [9.17, 15) is 4.79 Å². The summed E-state index contributed by atoms with van der Waals surface area (Å²) in [5.41, 5.74) is 5.45. The van der Waals surface area contributed by atoms with Crippen LogP contribution in [0, 0.1) is 17.3 Å². The molecule has 2 unspecified atom stereocenters. The monoisotopic (exact) mass is 290 g/mol. The summed E-state index contributed by atoms with van der Waals surface area (Å²) < 4.78 is 0. The number of rotatable bonds is 6. The van der Waals surface area contributed by atoms with Gasteiger partial charge in [0.1, 0.15) is 0 Å². The van der Waals surface area contributed by atoms with E-state index in [2.05, 4.69) is 26.1 Å². The third kappa shape index (κ3) is 4.96. The molecule has 1 fully saturated rings. The SMILES string of the molecule is CCC(CC)(CN)C(=O)NCC1CCCC(C)C1.Cl. The molecule has 1 rings (SSSR count). The largest absolute Gasteiger partial charge is 0.355 e. The summed E-state index contributed by atoms with van der Waals surface area (Å²) in [4.78, 5) is 12.3. The van der Waals surface area contributed by atoms with Crippen LogP contribution in [0.4, 0.5) is 0 Å². The minimum atomic E-state index is -0.347. The molecule has 3 nitrogen and oxygen atoms in total. The van der Waals surface area contributed by atoms with Gasteiger partial charge in [0.2, 0.25) is 5.91 Å². The zero-order valence-electron chi connectivity index (χ0n) is 12.7. The average molecular weight is 291 g/mol. The van der Waals surface area contributed by atoms with Crippen molar-refractivity contribution in [1.29, 1.82) is 0 Å². The predicted molar refractivity (Wildman–Crippen MR) is 83.4 cm³/mol. The fourth-order valence-corrected chi connectivity index (χ4v) is 3.12. The molecule has 1 aliphatic carbocycles. The van der Waals surface area contributed by atoms with E-state index in [1.807, 2.05) is 0 Å². The van der Waals surface area contributed by atoms with Crippen molar-refractivity contribution < 1.29 is 4.79 Å². The Morgan fingerprint density at radius 1 is 1.32 bits per heavy atom. The Morgan fingerprint density at radius 2 is 1.95 bits per heavy atom. The molecule has 0 heterocycles. The first-order valence-corrected chi connectivity index (χ1v) is 7.56. The molecule has 2 atom stereocenters. The molecule has 1 amide bonds. The third-order valence-corrected chi connectivity index (χ3v) is 4.82. The molecule has 1 aliphatic rings. The number of nitrogens with two attached hydrogens (primary N) is 1. The highest BCUT2D eigenvalue weighted by Crippen LogP contribution is 2.29. The summed E-state index contributed by atoms with van der Waals surface area (Å²) in [6, 6.07) is 0. The van der Waals surface area contributed by atoms with Crippen molar-refractivity contribution in [2.45, 2.75) is 59.3 Å². The zero-order chi connectivity index (χ0) is 13.6. The molecule has 114 valence electrons. The first kappa shape index (κ1) is 18.7. The lowest BCUT2D eigenvalue weighted by molar-refractivity contribution is -0.131. The Morgan fingerprint density at radius 3 is 2.42 bits per heavy atom.